The first-order chi connectivity index (χ1) is 11.5. The van der Waals surface area contributed by atoms with Gasteiger partial charge in [0.1, 0.15) is 0 Å². The molecule has 0 radical (unpaired) electrons. The van der Waals surface area contributed by atoms with E-state index in [2.05, 4.69) is 46.3 Å². The van der Waals surface area contributed by atoms with Crippen LogP contribution in [0.3, 0.4) is 0 Å². The predicted molar refractivity (Wildman–Crippen MR) is 99.0 cm³/mol. The number of hydrogen-bond donors (Lipinski definition) is 3. The Labute approximate surface area is 160 Å². The standard InChI is InChI=1S/C9H9ClN4OS.C4H4BrClN2/c1-5-2-8(15)13-9(12-5)16-4-7-6(10)3-11-14-7;5-1-4-3(6)2-7-8-4/h2-3H,4H2,1H3,(H,11,14)(H,12,13,15);2H,1H2,(H,7,8). The highest BCUT2D eigenvalue weighted by Crippen LogP contribution is 2.21. The maximum Gasteiger partial charge on any atom is 0.251 e. The minimum absolute atomic E-state index is 0.147. The van der Waals surface area contributed by atoms with Crippen LogP contribution in [0.15, 0.2) is 28.4 Å². The van der Waals surface area contributed by atoms with Crippen LogP contribution in [0, 0.1) is 6.92 Å². The number of aromatic amines is 3. The molecule has 0 aliphatic rings. The summed E-state index contributed by atoms with van der Waals surface area (Å²) in [5.41, 5.74) is 2.29. The van der Waals surface area contributed by atoms with E-state index in [9.17, 15) is 4.79 Å². The molecule has 0 saturated heterocycles. The Morgan fingerprint density at radius 3 is 2.25 bits per heavy atom. The second-order valence-corrected chi connectivity index (χ2v) is 6.85. The van der Waals surface area contributed by atoms with Gasteiger partial charge in [0.25, 0.3) is 5.56 Å². The number of hydrogen-bond acceptors (Lipinski definition) is 5. The Hall–Kier alpha value is -1.29. The Kier molecular flexibility index (Phi) is 7.35. The normalized spacial score (nSPS) is 10.3. The highest BCUT2D eigenvalue weighted by atomic mass is 79.9. The van der Waals surface area contributed by atoms with Crippen molar-refractivity contribution in [2.24, 2.45) is 0 Å². The molecule has 0 aromatic carbocycles. The summed E-state index contributed by atoms with van der Waals surface area (Å²) in [5.74, 6) is 0.589. The van der Waals surface area contributed by atoms with Crippen LogP contribution >= 0.6 is 50.9 Å². The lowest BCUT2D eigenvalue weighted by Gasteiger charge is -2.00. The fourth-order valence-corrected chi connectivity index (χ4v) is 3.42. The number of nitrogens with zero attached hydrogens (tertiary/aromatic N) is 3. The van der Waals surface area contributed by atoms with E-state index in [4.69, 9.17) is 23.2 Å². The van der Waals surface area contributed by atoms with E-state index in [0.29, 0.717) is 26.6 Å². The first kappa shape index (κ1) is 19.0. The van der Waals surface area contributed by atoms with Crippen LogP contribution < -0.4 is 5.56 Å². The molecule has 11 heteroatoms. The smallest absolute Gasteiger partial charge is 0.251 e. The zero-order valence-corrected chi connectivity index (χ0v) is 16.4. The molecule has 3 N–H and O–H groups in total. The number of halogens is 3. The summed E-state index contributed by atoms with van der Waals surface area (Å²) >= 11 is 16.1. The minimum Gasteiger partial charge on any atom is -0.301 e. The number of aryl methyl sites for hydroxylation is 1. The molecule has 0 unspecified atom stereocenters. The van der Waals surface area contributed by atoms with Crippen molar-refractivity contribution in [3.8, 4) is 0 Å². The molecule has 128 valence electrons. The van der Waals surface area contributed by atoms with Gasteiger partial charge < -0.3 is 4.98 Å². The van der Waals surface area contributed by atoms with Crippen LogP contribution in [0.2, 0.25) is 10.0 Å². The summed E-state index contributed by atoms with van der Waals surface area (Å²) in [6, 6.07) is 1.45. The van der Waals surface area contributed by atoms with Crippen molar-refractivity contribution in [1.29, 1.82) is 0 Å². The Morgan fingerprint density at radius 2 is 1.79 bits per heavy atom. The lowest BCUT2D eigenvalue weighted by Crippen LogP contribution is -2.08. The quantitative estimate of drug-likeness (QED) is 0.318. The third kappa shape index (κ3) is 5.66. The van der Waals surface area contributed by atoms with Crippen LogP contribution in [-0.4, -0.2) is 30.4 Å². The average Bonchev–Trinajstić information content (AvgIpc) is 3.13. The van der Waals surface area contributed by atoms with Gasteiger partial charge in [0.15, 0.2) is 5.16 Å². The molecule has 0 spiro atoms. The van der Waals surface area contributed by atoms with Gasteiger partial charge >= 0.3 is 0 Å². The number of rotatable bonds is 4. The highest BCUT2D eigenvalue weighted by Gasteiger charge is 2.05. The molecule has 0 amide bonds. The third-order valence-electron chi connectivity index (χ3n) is 2.67. The lowest BCUT2D eigenvalue weighted by atomic mass is 10.5. The van der Waals surface area contributed by atoms with Gasteiger partial charge in [-0.15, -0.1) is 0 Å². The van der Waals surface area contributed by atoms with E-state index < -0.39 is 0 Å². The molecular weight excluding hydrogens is 439 g/mol. The second kappa shape index (κ2) is 9.26. The van der Waals surface area contributed by atoms with Crippen LogP contribution in [0.4, 0.5) is 0 Å². The van der Waals surface area contributed by atoms with E-state index in [0.717, 1.165) is 16.7 Å². The first-order valence-electron chi connectivity index (χ1n) is 6.61. The van der Waals surface area contributed by atoms with Gasteiger partial charge in [0, 0.05) is 22.8 Å². The first-order valence-corrected chi connectivity index (χ1v) is 9.48. The summed E-state index contributed by atoms with van der Waals surface area (Å²) in [7, 11) is 0. The van der Waals surface area contributed by atoms with Gasteiger partial charge in [0.05, 0.1) is 33.8 Å². The summed E-state index contributed by atoms with van der Waals surface area (Å²) < 4.78 is 0. The van der Waals surface area contributed by atoms with Crippen molar-refractivity contribution >= 4 is 50.9 Å². The summed E-state index contributed by atoms with van der Waals surface area (Å²) in [4.78, 5) is 18.0. The largest absolute Gasteiger partial charge is 0.301 e. The molecule has 3 rings (SSSR count). The van der Waals surface area contributed by atoms with Gasteiger partial charge in [0.2, 0.25) is 0 Å². The van der Waals surface area contributed by atoms with Gasteiger partial charge in [-0.05, 0) is 6.92 Å². The van der Waals surface area contributed by atoms with E-state index in [1.54, 1.807) is 19.3 Å². The molecule has 24 heavy (non-hydrogen) atoms. The molecule has 0 aliphatic carbocycles. The van der Waals surface area contributed by atoms with E-state index >= 15 is 0 Å². The maximum atomic E-state index is 11.2. The summed E-state index contributed by atoms with van der Waals surface area (Å²) in [6.45, 7) is 1.78. The van der Waals surface area contributed by atoms with E-state index in [1.165, 1.54) is 17.8 Å². The Bertz CT molecular complexity index is 849. The highest BCUT2D eigenvalue weighted by molar-refractivity contribution is 9.08. The molecule has 0 saturated carbocycles. The number of nitrogens with one attached hydrogen (secondary N) is 3. The zero-order chi connectivity index (χ0) is 17.5. The second-order valence-electron chi connectivity index (χ2n) is 4.51. The average molecular weight is 452 g/mol. The Morgan fingerprint density at radius 1 is 1.17 bits per heavy atom. The van der Waals surface area contributed by atoms with Crippen LogP contribution in [0.5, 0.6) is 0 Å². The molecule has 3 heterocycles. The van der Waals surface area contributed by atoms with Gasteiger partial charge in [-0.25, -0.2) is 4.98 Å². The van der Waals surface area contributed by atoms with Crippen molar-refractivity contribution in [2.45, 2.75) is 23.2 Å². The van der Waals surface area contributed by atoms with Crippen LogP contribution in [0.25, 0.3) is 0 Å². The fraction of sp³-hybridized carbons (Fsp3) is 0.231. The SMILES string of the molecule is Cc1cc(=O)[nH]c(SCc2[nH]ncc2Cl)n1.Clc1cn[nH]c1CBr. The van der Waals surface area contributed by atoms with Crippen molar-refractivity contribution in [2.75, 3.05) is 0 Å². The molecule has 3 aromatic heterocycles. The molecule has 7 nitrogen and oxygen atoms in total. The maximum absolute atomic E-state index is 11.2. The van der Waals surface area contributed by atoms with Gasteiger partial charge in [-0.2, -0.15) is 10.2 Å². The van der Waals surface area contributed by atoms with Crippen molar-refractivity contribution in [3.05, 3.63) is 55.9 Å². The van der Waals surface area contributed by atoms with Crippen LogP contribution in [-0.2, 0) is 11.1 Å². The number of H-pyrrole nitrogens is 3. The Balaban J connectivity index is 0.000000219. The van der Waals surface area contributed by atoms with Crippen LogP contribution in [0.1, 0.15) is 17.1 Å². The van der Waals surface area contributed by atoms with Crippen molar-refractivity contribution < 1.29 is 0 Å². The number of aromatic nitrogens is 6. The van der Waals surface area contributed by atoms with E-state index in [-0.39, 0.29) is 5.56 Å². The molecule has 3 aromatic rings. The minimum atomic E-state index is -0.147. The van der Waals surface area contributed by atoms with Crippen molar-refractivity contribution in [3.63, 3.8) is 0 Å². The van der Waals surface area contributed by atoms with Gasteiger partial charge in [-0.1, -0.05) is 50.9 Å². The van der Waals surface area contributed by atoms with Gasteiger partial charge in [-0.3, -0.25) is 15.0 Å². The number of thioether (sulfide) groups is 1. The zero-order valence-electron chi connectivity index (χ0n) is 12.4. The predicted octanol–water partition coefficient (Wildman–Crippen LogP) is 3.71. The topological polar surface area (TPSA) is 103 Å². The fourth-order valence-electron chi connectivity index (χ4n) is 1.55. The monoisotopic (exact) mass is 450 g/mol. The molecule has 0 bridgehead atoms. The summed E-state index contributed by atoms with van der Waals surface area (Å²) in [5, 5.41) is 15.6. The third-order valence-corrected chi connectivity index (χ3v) is 4.78. The molecule has 0 atom stereocenters. The molecule has 0 aliphatic heterocycles. The van der Waals surface area contributed by atoms with Crippen molar-refractivity contribution in [1.82, 2.24) is 30.4 Å². The molecule has 0 fully saturated rings. The van der Waals surface area contributed by atoms with E-state index in [1.807, 2.05) is 0 Å². The molecular formula is C13H13BrCl2N6OS. The number of alkyl halides is 1. The summed E-state index contributed by atoms with van der Waals surface area (Å²) in [6.07, 6.45) is 3.13. The lowest BCUT2D eigenvalue weighted by molar-refractivity contribution is 0.903.